The van der Waals surface area contributed by atoms with Gasteiger partial charge in [-0.2, -0.15) is 0 Å². The Morgan fingerprint density at radius 3 is 2.49 bits per heavy atom. The van der Waals surface area contributed by atoms with Crippen LogP contribution in [0.25, 0.3) is 28.2 Å². The highest BCUT2D eigenvalue weighted by atomic mass is 19.1. The summed E-state index contributed by atoms with van der Waals surface area (Å²) in [5.74, 6) is -0.364. The van der Waals surface area contributed by atoms with Crippen LogP contribution in [0.1, 0.15) is 36.0 Å². The smallest absolute Gasteiger partial charge is 0.439 e. The molecule has 0 aliphatic carbocycles. The molecule has 2 aromatic heterocycles. The monoisotopic (exact) mass is 526 g/mol. The lowest BCUT2D eigenvalue weighted by molar-refractivity contribution is 0.386. The van der Waals surface area contributed by atoms with E-state index in [1.807, 2.05) is 55.5 Å². The predicted molar refractivity (Wildman–Crippen MR) is 146 cm³/mol. The molecule has 1 N–H and O–H groups in total. The summed E-state index contributed by atoms with van der Waals surface area (Å²) in [6.07, 6.45) is 1.71. The first kappa shape index (κ1) is 25.8. The van der Waals surface area contributed by atoms with Crippen molar-refractivity contribution < 1.29 is 13.7 Å². The average molecular weight is 527 g/mol. The van der Waals surface area contributed by atoms with Crippen LogP contribution < -0.4 is 16.1 Å². The minimum Gasteiger partial charge on any atom is -0.494 e. The number of hydrogen-bond acceptors (Lipinski definition) is 6. The van der Waals surface area contributed by atoms with Gasteiger partial charge in [0.1, 0.15) is 5.82 Å². The summed E-state index contributed by atoms with van der Waals surface area (Å²) in [5, 5.41) is 3.91. The highest BCUT2D eigenvalue weighted by Gasteiger charge is 2.19. The number of nitrogens with zero attached hydrogens (tertiary/aromatic N) is 3. The maximum atomic E-state index is 14.5. The van der Waals surface area contributed by atoms with E-state index in [4.69, 9.17) is 14.2 Å². The van der Waals surface area contributed by atoms with Crippen LogP contribution in [0.15, 0.2) is 80.8 Å². The summed E-state index contributed by atoms with van der Waals surface area (Å²) in [6, 6.07) is 19.9. The number of halogens is 1. The largest absolute Gasteiger partial charge is 0.494 e. The fraction of sp³-hybridized carbons (Fsp3) is 0.200. The third-order valence-electron chi connectivity index (χ3n) is 6.56. The first-order chi connectivity index (χ1) is 18.9. The van der Waals surface area contributed by atoms with Gasteiger partial charge in [0.05, 0.1) is 18.5 Å². The molecule has 9 heteroatoms. The van der Waals surface area contributed by atoms with E-state index in [0.717, 1.165) is 23.1 Å². The summed E-state index contributed by atoms with van der Waals surface area (Å²) in [7, 11) is 1.39. The molecule has 5 aromatic rings. The molecule has 0 spiro atoms. The van der Waals surface area contributed by atoms with E-state index in [1.165, 1.54) is 23.8 Å². The Labute approximate surface area is 223 Å². The van der Waals surface area contributed by atoms with E-state index in [-0.39, 0.29) is 17.7 Å². The third-order valence-corrected chi connectivity index (χ3v) is 6.56. The van der Waals surface area contributed by atoms with Crippen molar-refractivity contribution in [1.29, 1.82) is 0 Å². The molecule has 198 valence electrons. The number of nitrogens with one attached hydrogen (secondary N) is 1. The predicted octanol–water partition coefficient (Wildman–Crippen LogP) is 5.24. The van der Waals surface area contributed by atoms with Gasteiger partial charge in [0.25, 0.3) is 5.56 Å². The van der Waals surface area contributed by atoms with E-state index >= 15 is 0 Å². The van der Waals surface area contributed by atoms with Crippen molar-refractivity contribution in [3.8, 4) is 34.0 Å². The van der Waals surface area contributed by atoms with Gasteiger partial charge in [0.15, 0.2) is 17.4 Å². The van der Waals surface area contributed by atoms with Gasteiger partial charge in [0.2, 0.25) is 0 Å². The molecule has 0 amide bonds. The van der Waals surface area contributed by atoms with E-state index in [0.29, 0.717) is 40.6 Å². The molecule has 8 nitrogen and oxygen atoms in total. The average Bonchev–Trinajstić information content (AvgIpc) is 3.37. The van der Waals surface area contributed by atoms with Gasteiger partial charge in [-0.25, -0.2) is 14.2 Å². The topological polar surface area (TPSA) is 103 Å². The molecule has 0 fully saturated rings. The number of aromatic nitrogens is 4. The van der Waals surface area contributed by atoms with E-state index < -0.39 is 11.6 Å². The second-order valence-corrected chi connectivity index (χ2v) is 9.16. The number of rotatable bonds is 8. The fourth-order valence-corrected chi connectivity index (χ4v) is 4.75. The first-order valence-electron chi connectivity index (χ1n) is 12.6. The second kappa shape index (κ2) is 10.9. The van der Waals surface area contributed by atoms with Gasteiger partial charge in [-0.3, -0.25) is 18.9 Å². The van der Waals surface area contributed by atoms with Crippen molar-refractivity contribution in [1.82, 2.24) is 19.7 Å². The highest BCUT2D eigenvalue weighted by molar-refractivity contribution is 5.81. The Bertz CT molecular complexity index is 1760. The van der Waals surface area contributed by atoms with Crippen LogP contribution in [-0.4, -0.2) is 26.8 Å². The van der Waals surface area contributed by atoms with Crippen LogP contribution in [-0.2, 0) is 12.8 Å². The molecule has 0 saturated heterocycles. The van der Waals surface area contributed by atoms with Crippen LogP contribution in [0.4, 0.5) is 4.39 Å². The molecule has 0 saturated carbocycles. The molecule has 5 rings (SSSR count). The number of hydrogen-bond donors (Lipinski definition) is 1. The molecule has 0 aliphatic rings. The normalized spacial score (nSPS) is 11.1. The van der Waals surface area contributed by atoms with Gasteiger partial charge in [0, 0.05) is 23.6 Å². The second-order valence-electron chi connectivity index (χ2n) is 9.16. The Balaban J connectivity index is 1.64. The number of H-pyrrole nitrogens is 1. The van der Waals surface area contributed by atoms with Gasteiger partial charge < -0.3 is 4.74 Å². The van der Waals surface area contributed by atoms with Crippen molar-refractivity contribution in [2.75, 3.05) is 7.11 Å². The van der Waals surface area contributed by atoms with Crippen LogP contribution >= 0.6 is 0 Å². The summed E-state index contributed by atoms with van der Waals surface area (Å²) in [5.41, 5.74) is 4.60. The molecule has 2 heterocycles. The lowest BCUT2D eigenvalue weighted by Gasteiger charge is -2.16. The molecule has 0 radical (unpaired) electrons. The van der Waals surface area contributed by atoms with Crippen LogP contribution in [0.3, 0.4) is 0 Å². The molecule has 0 aliphatic heterocycles. The zero-order valence-electron chi connectivity index (χ0n) is 21.8. The van der Waals surface area contributed by atoms with E-state index in [2.05, 4.69) is 10.1 Å². The van der Waals surface area contributed by atoms with Crippen molar-refractivity contribution in [2.45, 2.75) is 33.1 Å². The van der Waals surface area contributed by atoms with E-state index in [1.54, 1.807) is 13.0 Å². The minimum absolute atomic E-state index is 0.0946. The Morgan fingerprint density at radius 1 is 1.03 bits per heavy atom. The SMILES string of the molecule is CCCc1nc(C)n(-c2ccc(OC)c(F)c2)c(=O)c1Cc1ccc(-c2ccccc2)c(-c2noc(=O)[nH]2)c1. The molecule has 0 atom stereocenters. The Kier molecular flexibility index (Phi) is 7.23. The van der Waals surface area contributed by atoms with Gasteiger partial charge in [-0.15, -0.1) is 0 Å². The summed E-state index contributed by atoms with van der Waals surface area (Å²) >= 11 is 0. The quantitative estimate of drug-likeness (QED) is 0.297. The van der Waals surface area contributed by atoms with Crippen molar-refractivity contribution in [3.05, 3.63) is 116 Å². The summed E-state index contributed by atoms with van der Waals surface area (Å²) in [4.78, 5) is 33.0. The van der Waals surface area contributed by atoms with Crippen LogP contribution in [0, 0.1) is 12.7 Å². The number of methoxy groups -OCH3 is 1. The third kappa shape index (κ3) is 5.16. The minimum atomic E-state index is -0.656. The van der Waals surface area contributed by atoms with Crippen molar-refractivity contribution in [2.24, 2.45) is 0 Å². The van der Waals surface area contributed by atoms with Gasteiger partial charge in [-0.1, -0.05) is 61.0 Å². The number of aryl methyl sites for hydroxylation is 2. The number of ether oxygens (including phenoxy) is 1. The zero-order chi connectivity index (χ0) is 27.5. The van der Waals surface area contributed by atoms with Crippen molar-refractivity contribution >= 4 is 0 Å². The number of aromatic amines is 1. The summed E-state index contributed by atoms with van der Waals surface area (Å²) in [6.45, 7) is 3.76. The lowest BCUT2D eigenvalue weighted by Crippen LogP contribution is -2.28. The first-order valence-corrected chi connectivity index (χ1v) is 12.6. The summed E-state index contributed by atoms with van der Waals surface area (Å²) < 4.78 is 25.8. The van der Waals surface area contributed by atoms with Gasteiger partial charge in [-0.05, 0) is 48.2 Å². The zero-order valence-corrected chi connectivity index (χ0v) is 21.8. The molecular weight excluding hydrogens is 499 g/mol. The maximum absolute atomic E-state index is 14.5. The molecule has 0 unspecified atom stereocenters. The van der Waals surface area contributed by atoms with Crippen LogP contribution in [0.2, 0.25) is 0 Å². The Hall–Kier alpha value is -4.79. The Morgan fingerprint density at radius 2 is 1.82 bits per heavy atom. The lowest BCUT2D eigenvalue weighted by atomic mass is 9.94. The maximum Gasteiger partial charge on any atom is 0.439 e. The molecule has 3 aromatic carbocycles. The standard InChI is InChI=1S/C30H27FN4O4/c1-4-8-26-24(29(36)35(18(2)32-26)21-12-14-27(38-3)25(31)17-21)16-19-11-13-22(20-9-6-5-7-10-20)23(15-19)28-33-30(37)39-34-28/h5-7,9-15,17H,4,8,16H2,1-3H3,(H,33,34,37). The molecule has 39 heavy (non-hydrogen) atoms. The van der Waals surface area contributed by atoms with Crippen molar-refractivity contribution in [3.63, 3.8) is 0 Å². The molecular formula is C30H27FN4O4. The molecule has 0 bridgehead atoms. The highest BCUT2D eigenvalue weighted by Crippen LogP contribution is 2.31. The fourth-order valence-electron chi connectivity index (χ4n) is 4.75. The van der Waals surface area contributed by atoms with E-state index in [9.17, 15) is 14.0 Å². The van der Waals surface area contributed by atoms with Gasteiger partial charge >= 0.3 is 5.76 Å². The number of benzene rings is 3. The van der Waals surface area contributed by atoms with Crippen LogP contribution in [0.5, 0.6) is 5.75 Å².